The maximum atomic E-state index is 18.0. The fraction of sp³-hybridized carbons (Fsp3) is 0.500. The molecule has 3 aliphatic heterocycles. The smallest absolute Gasteiger partial charge is 0.418 e. The van der Waals surface area contributed by atoms with E-state index in [4.69, 9.17) is 28.7 Å². The Labute approximate surface area is 406 Å². The number of amides is 1. The average molecular weight is 997 g/mol. The third-order valence-corrected chi connectivity index (χ3v) is 13.6. The Morgan fingerprint density at radius 1 is 0.887 bits per heavy atom. The molecule has 1 aliphatic carbocycles. The number of carbonyl (C=O) groups excluding carboxylic acids is 1. The second kappa shape index (κ2) is 18.0. The first-order chi connectivity index (χ1) is 33.4. The minimum Gasteiger partial charge on any atom is -0.497 e. The van der Waals surface area contributed by atoms with Crippen LogP contribution in [-0.4, -0.2) is 120 Å². The van der Waals surface area contributed by atoms with Gasteiger partial charge in [0.25, 0.3) is 5.92 Å². The van der Waals surface area contributed by atoms with Gasteiger partial charge in [-0.1, -0.05) is 24.3 Å². The van der Waals surface area contributed by atoms with E-state index in [0.29, 0.717) is 35.5 Å². The Kier molecular flexibility index (Phi) is 12.6. The summed E-state index contributed by atoms with van der Waals surface area (Å²) >= 11 is 0. The maximum absolute atomic E-state index is 18.0. The van der Waals surface area contributed by atoms with Crippen LogP contribution in [0.2, 0.25) is 0 Å². The summed E-state index contributed by atoms with van der Waals surface area (Å²) in [6.07, 6.45) is -6.25. The number of nitrogens with zero attached hydrogens (tertiary/aromatic N) is 8. The van der Waals surface area contributed by atoms with Gasteiger partial charge in [0.1, 0.15) is 52.2 Å². The molecule has 6 heterocycles. The van der Waals surface area contributed by atoms with Gasteiger partial charge in [0.05, 0.1) is 54.6 Å². The Hall–Kier alpha value is -6.38. The van der Waals surface area contributed by atoms with Crippen LogP contribution in [0.5, 0.6) is 23.4 Å². The minimum absolute atomic E-state index is 0.00877. The van der Waals surface area contributed by atoms with Crippen molar-refractivity contribution in [3.63, 3.8) is 0 Å². The zero-order chi connectivity index (χ0) is 51.1. The van der Waals surface area contributed by atoms with E-state index in [2.05, 4.69) is 15.0 Å². The topological polar surface area (TPSA) is 128 Å². The van der Waals surface area contributed by atoms with Crippen LogP contribution in [0.4, 0.5) is 47.2 Å². The van der Waals surface area contributed by atoms with E-state index in [9.17, 15) is 4.79 Å². The SMILES string of the molecule is COc1ccc(CN(Cc2ccc(OC)cc2)c2nc(C)c(C(F)(F)F)c(-c3nc4c5c(nc(OCC6(CN(C)C)CC6(F)F)nc5c3F)N3C[C@H]5CC[C@@H]([C@H]3[C@H](C)O4)N5C(=O)OC(C)(C)C)c2F)cc1. The number of methoxy groups -OCH3 is 2. The molecule has 21 heteroatoms. The quantitative estimate of drug-likeness (QED) is 0.104. The maximum Gasteiger partial charge on any atom is 0.418 e. The number of piperazine rings is 1. The molecule has 71 heavy (non-hydrogen) atoms. The van der Waals surface area contributed by atoms with Gasteiger partial charge in [-0.15, -0.1) is 0 Å². The van der Waals surface area contributed by atoms with E-state index < -0.39 is 124 Å². The number of fused-ring (bicyclic) bond motifs is 5. The van der Waals surface area contributed by atoms with Crippen LogP contribution in [0.25, 0.3) is 22.2 Å². The molecule has 1 amide bonds. The number of ether oxygens (including phenoxy) is 5. The van der Waals surface area contributed by atoms with Crippen molar-refractivity contribution >= 4 is 28.6 Å². The lowest BCUT2D eigenvalue weighted by atomic mass is 9.98. The van der Waals surface area contributed by atoms with Gasteiger partial charge in [-0.05, 0) is 96.9 Å². The number of rotatable bonds is 13. The Balaban J connectivity index is 1.24. The monoisotopic (exact) mass is 996 g/mol. The largest absolute Gasteiger partial charge is 0.497 e. The highest BCUT2D eigenvalue weighted by Crippen LogP contribution is 2.61. The molecule has 2 bridgehead atoms. The molecule has 3 fully saturated rings. The predicted molar refractivity (Wildman–Crippen MR) is 248 cm³/mol. The van der Waals surface area contributed by atoms with Crippen molar-refractivity contribution in [1.82, 2.24) is 29.7 Å². The van der Waals surface area contributed by atoms with Gasteiger partial charge in [-0.3, -0.25) is 4.90 Å². The number of pyridine rings is 2. The van der Waals surface area contributed by atoms with Gasteiger partial charge in [0.15, 0.2) is 17.5 Å². The van der Waals surface area contributed by atoms with Gasteiger partial charge < -0.3 is 38.4 Å². The molecule has 380 valence electrons. The van der Waals surface area contributed by atoms with Crippen LogP contribution in [-0.2, 0) is 24.0 Å². The number of anilines is 2. The highest BCUT2D eigenvalue weighted by molar-refractivity contribution is 5.98. The Morgan fingerprint density at radius 2 is 1.49 bits per heavy atom. The summed E-state index contributed by atoms with van der Waals surface area (Å²) < 4.78 is 141. The molecule has 5 atom stereocenters. The summed E-state index contributed by atoms with van der Waals surface area (Å²) in [6.45, 7) is 7.25. The second-order valence-corrected chi connectivity index (χ2v) is 20.1. The number of alkyl halides is 5. The number of carbonyl (C=O) groups is 1. The van der Waals surface area contributed by atoms with Crippen molar-refractivity contribution in [2.45, 2.75) is 109 Å². The molecule has 9 rings (SSSR count). The number of hydrogen-bond donors (Lipinski definition) is 0. The summed E-state index contributed by atoms with van der Waals surface area (Å²) in [7, 11) is 6.24. The Bertz CT molecular complexity index is 2800. The highest BCUT2D eigenvalue weighted by Gasteiger charge is 2.71. The normalized spacial score (nSPS) is 22.2. The zero-order valence-electron chi connectivity index (χ0n) is 40.8. The van der Waals surface area contributed by atoms with E-state index in [0.717, 1.165) is 6.92 Å². The first-order valence-corrected chi connectivity index (χ1v) is 23.2. The van der Waals surface area contributed by atoms with Gasteiger partial charge in [-0.2, -0.15) is 23.1 Å². The van der Waals surface area contributed by atoms with Gasteiger partial charge in [0, 0.05) is 32.6 Å². The van der Waals surface area contributed by atoms with Crippen molar-refractivity contribution in [3.05, 3.63) is 82.5 Å². The first kappa shape index (κ1) is 49.6. The molecule has 14 nitrogen and oxygen atoms in total. The minimum atomic E-state index is -5.31. The number of benzene rings is 2. The van der Waals surface area contributed by atoms with Crippen LogP contribution >= 0.6 is 0 Å². The van der Waals surface area contributed by atoms with E-state index in [-0.39, 0.29) is 37.4 Å². The molecule has 4 aliphatic rings. The molecule has 3 aromatic heterocycles. The molecule has 1 unspecified atom stereocenters. The third-order valence-electron chi connectivity index (χ3n) is 13.6. The lowest BCUT2D eigenvalue weighted by Gasteiger charge is -2.48. The summed E-state index contributed by atoms with van der Waals surface area (Å²) in [5.74, 6) is -6.05. The summed E-state index contributed by atoms with van der Waals surface area (Å²) in [5.41, 5.74) is -6.55. The molecule has 0 spiro atoms. The van der Waals surface area contributed by atoms with Crippen molar-refractivity contribution in [2.24, 2.45) is 5.41 Å². The number of hydrogen-bond acceptors (Lipinski definition) is 13. The fourth-order valence-corrected chi connectivity index (χ4v) is 10.4. The van der Waals surface area contributed by atoms with E-state index in [1.165, 1.54) is 19.1 Å². The molecular weight excluding hydrogens is 942 g/mol. The Morgan fingerprint density at radius 3 is 2.03 bits per heavy atom. The molecule has 5 aromatic rings. The lowest BCUT2D eigenvalue weighted by Crippen LogP contribution is -2.65. The van der Waals surface area contributed by atoms with Crippen LogP contribution in [0.1, 0.15) is 69.3 Å². The highest BCUT2D eigenvalue weighted by atomic mass is 19.4. The lowest BCUT2D eigenvalue weighted by molar-refractivity contribution is -0.138. The van der Waals surface area contributed by atoms with Crippen LogP contribution in [0.3, 0.4) is 0 Å². The fourth-order valence-electron chi connectivity index (χ4n) is 10.4. The van der Waals surface area contributed by atoms with Gasteiger partial charge in [0.2, 0.25) is 5.88 Å². The number of aryl methyl sites for hydroxylation is 1. The molecule has 2 aromatic carbocycles. The summed E-state index contributed by atoms with van der Waals surface area (Å²) in [5, 5.41) is -0.168. The van der Waals surface area contributed by atoms with Gasteiger partial charge in [-0.25, -0.2) is 32.3 Å². The predicted octanol–water partition coefficient (Wildman–Crippen LogP) is 9.62. The van der Waals surface area contributed by atoms with Crippen LogP contribution < -0.4 is 28.7 Å². The van der Waals surface area contributed by atoms with Crippen LogP contribution in [0, 0.1) is 24.0 Å². The van der Waals surface area contributed by atoms with E-state index in [1.807, 2.05) is 0 Å². The second-order valence-electron chi connectivity index (χ2n) is 20.1. The molecule has 2 saturated heterocycles. The molecule has 1 saturated carbocycles. The van der Waals surface area contributed by atoms with Crippen molar-refractivity contribution in [3.8, 4) is 34.6 Å². The van der Waals surface area contributed by atoms with E-state index >= 15 is 30.7 Å². The summed E-state index contributed by atoms with van der Waals surface area (Å²) in [6, 6.07) is 11.3. The van der Waals surface area contributed by atoms with Crippen molar-refractivity contribution in [2.75, 3.05) is 57.8 Å². The standard InChI is InChI=1S/C50H55F7N8O6/c1-26-36(50(55,56)57)34(37(51)43(58-26)63(20-28-10-15-31(67-8)16-11-28)21-29-12-17-32(68-9)18-13-29)39-38(52)40-35-42(61-45(60-40)69-25-48(24-62(6)7)23-49(48,53)54)64-22-30-14-19-33(41(64)27(2)70-44(35)59-39)65(30)46(66)71-47(3,4)5/h10-13,15-18,27,30,33,41H,14,19-25H2,1-9H3/t27-,30+,33-,41+,48?/m0/s1. The summed E-state index contributed by atoms with van der Waals surface area (Å²) in [4.78, 5) is 38.0. The average Bonchev–Trinajstić information content (AvgIpc) is 3.73. The molecule has 0 radical (unpaired) electrons. The molecule has 0 N–H and O–H groups in total. The van der Waals surface area contributed by atoms with Gasteiger partial charge >= 0.3 is 18.3 Å². The van der Waals surface area contributed by atoms with Crippen molar-refractivity contribution < 1.29 is 59.2 Å². The first-order valence-electron chi connectivity index (χ1n) is 23.2. The van der Waals surface area contributed by atoms with Crippen molar-refractivity contribution in [1.29, 1.82) is 0 Å². The molecular formula is C50H55F7N8O6. The number of aromatic nitrogens is 4. The number of halogens is 7. The van der Waals surface area contributed by atoms with E-state index in [1.54, 1.807) is 105 Å². The third kappa shape index (κ3) is 9.25. The van der Waals surface area contributed by atoms with Crippen LogP contribution in [0.15, 0.2) is 48.5 Å². The zero-order valence-corrected chi connectivity index (χ0v) is 40.8.